The minimum atomic E-state index is -0.525. The molecule has 1 atom stereocenters. The summed E-state index contributed by atoms with van der Waals surface area (Å²) in [5, 5.41) is 6.70. The Labute approximate surface area is 166 Å². The number of nitrogens with one attached hydrogen (secondary N) is 1. The quantitative estimate of drug-likeness (QED) is 0.722. The zero-order valence-corrected chi connectivity index (χ0v) is 15.7. The molecule has 8 heteroatoms. The molecule has 1 saturated heterocycles. The summed E-state index contributed by atoms with van der Waals surface area (Å²) in [7, 11) is 1.55. The van der Waals surface area contributed by atoms with E-state index in [0.29, 0.717) is 17.1 Å². The number of rotatable bonds is 5. The smallest absolute Gasteiger partial charge is 0.229 e. The summed E-state index contributed by atoms with van der Waals surface area (Å²) in [5.41, 5.74) is 1.29. The molecule has 7 nitrogen and oxygen atoms in total. The van der Waals surface area contributed by atoms with Gasteiger partial charge in [-0.2, -0.15) is 5.10 Å². The predicted molar refractivity (Wildman–Crippen MR) is 106 cm³/mol. The zero-order valence-electron chi connectivity index (χ0n) is 15.7. The van der Waals surface area contributed by atoms with Gasteiger partial charge in [0.05, 0.1) is 13.0 Å². The summed E-state index contributed by atoms with van der Waals surface area (Å²) in [6.07, 6.45) is 3.28. The van der Waals surface area contributed by atoms with E-state index in [4.69, 9.17) is 4.74 Å². The molecule has 2 aromatic carbocycles. The number of hydrogen-bond donors (Lipinski definition) is 1. The maximum absolute atomic E-state index is 14.4. The summed E-state index contributed by atoms with van der Waals surface area (Å²) in [4.78, 5) is 26.6. The van der Waals surface area contributed by atoms with Gasteiger partial charge in [-0.25, -0.2) is 9.07 Å². The number of nitrogens with zero attached hydrogens (tertiary/aromatic N) is 3. The van der Waals surface area contributed by atoms with Gasteiger partial charge in [0.15, 0.2) is 5.82 Å². The van der Waals surface area contributed by atoms with Gasteiger partial charge in [0.1, 0.15) is 11.4 Å². The number of hydrogen-bond acceptors (Lipinski definition) is 4. The van der Waals surface area contributed by atoms with Crippen LogP contribution in [0.25, 0.3) is 5.69 Å². The Hall–Kier alpha value is -3.68. The standard InChI is InChI=1S/C21H19FN4O3/c1-29-17-5-2-4-16(12-17)25-13-14(10-20(25)27)21(28)24-15-6-7-19(18(22)11-15)26-9-3-8-23-26/h2-9,11-12,14H,10,13H2,1H3,(H,24,28). The summed E-state index contributed by atoms with van der Waals surface area (Å²) >= 11 is 0. The van der Waals surface area contributed by atoms with Gasteiger partial charge in [-0.3, -0.25) is 9.59 Å². The topological polar surface area (TPSA) is 76.5 Å². The number of anilines is 2. The average molecular weight is 394 g/mol. The van der Waals surface area contributed by atoms with Crippen molar-refractivity contribution in [3.8, 4) is 11.4 Å². The summed E-state index contributed by atoms with van der Waals surface area (Å²) < 4.78 is 21.0. The monoisotopic (exact) mass is 394 g/mol. The number of carbonyl (C=O) groups excluding carboxylic acids is 2. The highest BCUT2D eigenvalue weighted by Crippen LogP contribution is 2.28. The fourth-order valence-electron chi connectivity index (χ4n) is 3.34. The molecule has 0 bridgehead atoms. The summed E-state index contributed by atoms with van der Waals surface area (Å²) in [6, 6.07) is 13.2. The molecule has 0 radical (unpaired) electrons. The van der Waals surface area contributed by atoms with Crippen molar-refractivity contribution in [3.05, 3.63) is 66.7 Å². The number of amides is 2. The molecule has 0 spiro atoms. The molecular weight excluding hydrogens is 375 g/mol. The van der Waals surface area contributed by atoms with Crippen molar-refractivity contribution in [2.24, 2.45) is 5.92 Å². The number of aromatic nitrogens is 2. The summed E-state index contributed by atoms with van der Waals surface area (Å²) in [5.74, 6) is -0.862. The van der Waals surface area contributed by atoms with Crippen LogP contribution in [0.2, 0.25) is 0 Å². The van der Waals surface area contributed by atoms with E-state index in [0.717, 1.165) is 0 Å². The number of halogens is 1. The first-order chi connectivity index (χ1) is 14.0. The largest absolute Gasteiger partial charge is 0.497 e. The highest BCUT2D eigenvalue weighted by molar-refractivity contribution is 6.03. The number of benzene rings is 2. The number of carbonyl (C=O) groups is 2. The van der Waals surface area contributed by atoms with Gasteiger partial charge in [0.2, 0.25) is 11.8 Å². The maximum Gasteiger partial charge on any atom is 0.229 e. The van der Waals surface area contributed by atoms with Gasteiger partial charge in [-0.15, -0.1) is 0 Å². The first kappa shape index (κ1) is 18.7. The first-order valence-electron chi connectivity index (χ1n) is 9.10. The van der Waals surface area contributed by atoms with Gasteiger partial charge >= 0.3 is 0 Å². The van der Waals surface area contributed by atoms with Crippen LogP contribution in [0.3, 0.4) is 0 Å². The van der Waals surface area contributed by atoms with Crippen LogP contribution in [0.4, 0.5) is 15.8 Å². The van der Waals surface area contributed by atoms with Crippen molar-refractivity contribution in [3.63, 3.8) is 0 Å². The molecule has 3 aromatic rings. The van der Waals surface area contributed by atoms with E-state index in [-0.39, 0.29) is 30.5 Å². The molecule has 2 amide bonds. The van der Waals surface area contributed by atoms with E-state index >= 15 is 0 Å². The van der Waals surface area contributed by atoms with Gasteiger partial charge in [0, 0.05) is 42.8 Å². The molecule has 1 aliphatic rings. The molecule has 1 fully saturated rings. The van der Waals surface area contributed by atoms with Crippen LogP contribution in [-0.2, 0) is 9.59 Å². The van der Waals surface area contributed by atoms with E-state index in [1.165, 1.54) is 10.7 Å². The van der Waals surface area contributed by atoms with Crippen molar-refractivity contribution in [2.45, 2.75) is 6.42 Å². The van der Waals surface area contributed by atoms with Crippen molar-refractivity contribution in [2.75, 3.05) is 23.9 Å². The number of methoxy groups -OCH3 is 1. The lowest BCUT2D eigenvalue weighted by molar-refractivity contribution is -0.122. The third kappa shape index (κ3) is 3.82. The second kappa shape index (κ2) is 7.75. The van der Waals surface area contributed by atoms with Crippen LogP contribution in [0.1, 0.15) is 6.42 Å². The van der Waals surface area contributed by atoms with E-state index in [1.807, 2.05) is 0 Å². The Kier molecular flexibility index (Phi) is 4.99. The Morgan fingerprint density at radius 3 is 2.83 bits per heavy atom. The molecule has 2 heterocycles. The van der Waals surface area contributed by atoms with Crippen molar-refractivity contribution in [1.82, 2.24) is 9.78 Å². The minimum Gasteiger partial charge on any atom is -0.497 e. The Bertz CT molecular complexity index is 1050. The lowest BCUT2D eigenvalue weighted by Crippen LogP contribution is -2.28. The predicted octanol–water partition coefficient (Wildman–Crippen LogP) is 3.01. The maximum atomic E-state index is 14.4. The second-order valence-electron chi connectivity index (χ2n) is 6.71. The molecule has 1 unspecified atom stereocenters. The average Bonchev–Trinajstić information content (AvgIpc) is 3.38. The van der Waals surface area contributed by atoms with Gasteiger partial charge in [-0.1, -0.05) is 6.07 Å². The molecule has 0 aliphatic carbocycles. The number of ether oxygens (including phenoxy) is 1. The Morgan fingerprint density at radius 1 is 1.24 bits per heavy atom. The van der Waals surface area contributed by atoms with E-state index in [9.17, 15) is 14.0 Å². The van der Waals surface area contributed by atoms with Crippen LogP contribution in [0.15, 0.2) is 60.9 Å². The normalized spacial score (nSPS) is 16.1. The van der Waals surface area contributed by atoms with E-state index in [2.05, 4.69) is 10.4 Å². The highest BCUT2D eigenvalue weighted by Gasteiger charge is 2.35. The van der Waals surface area contributed by atoms with Crippen LogP contribution in [-0.4, -0.2) is 35.2 Å². The molecular formula is C21H19FN4O3. The molecule has 1 N–H and O–H groups in total. The Balaban J connectivity index is 1.45. The van der Waals surface area contributed by atoms with Crippen LogP contribution < -0.4 is 15.0 Å². The third-order valence-electron chi connectivity index (χ3n) is 4.83. The molecule has 1 aliphatic heterocycles. The van der Waals surface area contributed by atoms with Crippen molar-refractivity contribution < 1.29 is 18.7 Å². The van der Waals surface area contributed by atoms with Crippen molar-refractivity contribution >= 4 is 23.2 Å². The van der Waals surface area contributed by atoms with Gasteiger partial charge < -0.3 is 15.0 Å². The Morgan fingerprint density at radius 2 is 2.10 bits per heavy atom. The molecule has 4 rings (SSSR count). The van der Waals surface area contributed by atoms with Crippen LogP contribution in [0, 0.1) is 11.7 Å². The molecule has 1 aromatic heterocycles. The third-order valence-corrected chi connectivity index (χ3v) is 4.83. The molecule has 29 heavy (non-hydrogen) atoms. The van der Waals surface area contributed by atoms with Crippen molar-refractivity contribution in [1.29, 1.82) is 0 Å². The zero-order chi connectivity index (χ0) is 20.4. The second-order valence-corrected chi connectivity index (χ2v) is 6.71. The fraction of sp³-hybridized carbons (Fsp3) is 0.190. The molecule has 148 valence electrons. The minimum absolute atomic E-state index is 0.0941. The lowest BCUT2D eigenvalue weighted by atomic mass is 10.1. The SMILES string of the molecule is COc1cccc(N2CC(C(=O)Nc3ccc(-n4cccn4)c(F)c3)CC2=O)c1. The first-order valence-corrected chi connectivity index (χ1v) is 9.10. The highest BCUT2D eigenvalue weighted by atomic mass is 19.1. The lowest BCUT2D eigenvalue weighted by Gasteiger charge is -2.17. The summed E-state index contributed by atoms with van der Waals surface area (Å²) in [6.45, 7) is 0.256. The van der Waals surface area contributed by atoms with E-state index in [1.54, 1.807) is 66.9 Å². The van der Waals surface area contributed by atoms with Crippen LogP contribution >= 0.6 is 0 Å². The van der Waals surface area contributed by atoms with Gasteiger partial charge in [-0.05, 0) is 36.4 Å². The van der Waals surface area contributed by atoms with Gasteiger partial charge in [0.25, 0.3) is 0 Å². The molecule has 0 saturated carbocycles. The fourth-order valence-corrected chi connectivity index (χ4v) is 3.34. The van der Waals surface area contributed by atoms with Crippen LogP contribution in [0.5, 0.6) is 5.75 Å². The van der Waals surface area contributed by atoms with E-state index < -0.39 is 11.7 Å².